The summed E-state index contributed by atoms with van der Waals surface area (Å²) in [6, 6.07) is 0. The van der Waals surface area contributed by atoms with Crippen LogP contribution >= 0.6 is 0 Å². The summed E-state index contributed by atoms with van der Waals surface area (Å²) in [5, 5.41) is 0. The second-order valence-electron chi connectivity index (χ2n) is 3.73. The molecule has 50 valence electrons. The number of carbonyl (C=O) groups is 1. The van der Waals surface area contributed by atoms with Gasteiger partial charge in [-0.2, -0.15) is 0 Å². The second-order valence-corrected chi connectivity index (χ2v) is 3.73. The zero-order chi connectivity index (χ0) is 6.48. The van der Waals surface area contributed by atoms with E-state index in [9.17, 15) is 4.79 Å². The molecule has 0 N–H and O–H groups in total. The fraction of sp³-hybridized carbons (Fsp3) is 0.875. The number of hydrogen-bond donors (Lipinski definition) is 0. The average molecular weight is 124 g/mol. The lowest BCUT2D eigenvalue weighted by Gasteiger charge is -2.14. The molecular formula is C8H12O. The van der Waals surface area contributed by atoms with Crippen molar-refractivity contribution in [2.24, 2.45) is 11.3 Å². The van der Waals surface area contributed by atoms with Crippen molar-refractivity contribution in [2.45, 2.75) is 32.6 Å². The highest BCUT2D eigenvalue weighted by Gasteiger charge is 2.55. The number of hydrogen-bond acceptors (Lipinski definition) is 1. The minimum absolute atomic E-state index is 0.468. The van der Waals surface area contributed by atoms with Crippen LogP contribution in [0.15, 0.2) is 0 Å². The van der Waals surface area contributed by atoms with Gasteiger partial charge in [0.15, 0.2) is 0 Å². The monoisotopic (exact) mass is 124 g/mol. The van der Waals surface area contributed by atoms with Gasteiger partial charge in [-0.15, -0.1) is 0 Å². The Hall–Kier alpha value is -0.330. The van der Waals surface area contributed by atoms with E-state index in [0.29, 0.717) is 17.1 Å². The second kappa shape index (κ2) is 1.39. The highest BCUT2D eigenvalue weighted by Crippen LogP contribution is 2.59. The summed E-state index contributed by atoms with van der Waals surface area (Å²) < 4.78 is 0. The van der Waals surface area contributed by atoms with Gasteiger partial charge in [0.25, 0.3) is 0 Å². The minimum atomic E-state index is 0.468. The van der Waals surface area contributed by atoms with Gasteiger partial charge in [0.05, 0.1) is 0 Å². The van der Waals surface area contributed by atoms with Gasteiger partial charge in [0, 0.05) is 12.3 Å². The van der Waals surface area contributed by atoms with Gasteiger partial charge in [-0.05, 0) is 24.7 Å². The van der Waals surface area contributed by atoms with Crippen LogP contribution in [0, 0.1) is 11.3 Å². The lowest BCUT2D eigenvalue weighted by Crippen LogP contribution is -2.13. The van der Waals surface area contributed by atoms with E-state index < -0.39 is 0 Å². The lowest BCUT2D eigenvalue weighted by atomic mass is 9.89. The molecule has 2 aliphatic rings. The summed E-state index contributed by atoms with van der Waals surface area (Å²) in [7, 11) is 0. The van der Waals surface area contributed by atoms with Gasteiger partial charge in [-0.25, -0.2) is 0 Å². The summed E-state index contributed by atoms with van der Waals surface area (Å²) in [5.41, 5.74) is 0.468. The maximum atomic E-state index is 11.0. The molecule has 0 amide bonds. The van der Waals surface area contributed by atoms with Crippen molar-refractivity contribution in [3.05, 3.63) is 0 Å². The van der Waals surface area contributed by atoms with E-state index in [-0.39, 0.29) is 0 Å². The van der Waals surface area contributed by atoms with Crippen LogP contribution in [0.25, 0.3) is 0 Å². The third-order valence-corrected chi connectivity index (χ3v) is 2.91. The standard InChI is InChI=1S/C8H12O/c1-8-4-2-3-7(9)6(8)5-8/h6H,2-5H2,1H3/t6-,8+/m0/s1. The molecule has 2 atom stereocenters. The summed E-state index contributed by atoms with van der Waals surface area (Å²) >= 11 is 0. The molecule has 1 nitrogen and oxygen atoms in total. The molecule has 2 aliphatic carbocycles. The molecule has 2 fully saturated rings. The fourth-order valence-electron chi connectivity index (χ4n) is 2.03. The van der Waals surface area contributed by atoms with Crippen LogP contribution in [0.5, 0.6) is 0 Å². The molecule has 0 aromatic carbocycles. The molecule has 2 rings (SSSR count). The van der Waals surface area contributed by atoms with Crippen LogP contribution in [0.3, 0.4) is 0 Å². The van der Waals surface area contributed by atoms with E-state index in [1.807, 2.05) is 0 Å². The van der Waals surface area contributed by atoms with E-state index in [2.05, 4.69) is 6.92 Å². The van der Waals surface area contributed by atoms with Crippen LogP contribution in [0.4, 0.5) is 0 Å². The first kappa shape index (κ1) is 5.45. The van der Waals surface area contributed by atoms with Crippen molar-refractivity contribution in [1.82, 2.24) is 0 Å². The molecule has 0 unspecified atom stereocenters. The maximum Gasteiger partial charge on any atom is 0.136 e. The molecule has 0 aliphatic heterocycles. The molecule has 0 bridgehead atoms. The first-order chi connectivity index (χ1) is 4.22. The number of ketones is 1. The maximum absolute atomic E-state index is 11.0. The lowest BCUT2D eigenvalue weighted by molar-refractivity contribution is -0.122. The van der Waals surface area contributed by atoms with E-state index in [1.165, 1.54) is 12.8 Å². The Labute approximate surface area is 55.4 Å². The Bertz CT molecular complexity index is 162. The van der Waals surface area contributed by atoms with Gasteiger partial charge in [-0.1, -0.05) is 6.92 Å². The van der Waals surface area contributed by atoms with E-state index >= 15 is 0 Å². The van der Waals surface area contributed by atoms with Crippen molar-refractivity contribution in [3.8, 4) is 0 Å². The zero-order valence-corrected chi connectivity index (χ0v) is 5.81. The predicted molar refractivity (Wildman–Crippen MR) is 35.1 cm³/mol. The first-order valence-electron chi connectivity index (χ1n) is 3.75. The molecule has 0 radical (unpaired) electrons. The smallest absolute Gasteiger partial charge is 0.136 e. The fourth-order valence-corrected chi connectivity index (χ4v) is 2.03. The zero-order valence-electron chi connectivity index (χ0n) is 5.81. The first-order valence-corrected chi connectivity index (χ1v) is 3.75. The van der Waals surface area contributed by atoms with Crippen LogP contribution in [0.2, 0.25) is 0 Å². The van der Waals surface area contributed by atoms with E-state index in [4.69, 9.17) is 0 Å². The van der Waals surface area contributed by atoms with Gasteiger partial charge in [-0.3, -0.25) is 4.79 Å². The van der Waals surface area contributed by atoms with Gasteiger partial charge >= 0.3 is 0 Å². The van der Waals surface area contributed by atoms with E-state index in [1.54, 1.807) is 0 Å². The number of fused-ring (bicyclic) bond motifs is 1. The van der Waals surface area contributed by atoms with Crippen molar-refractivity contribution in [3.63, 3.8) is 0 Å². The molecule has 0 heterocycles. The predicted octanol–water partition coefficient (Wildman–Crippen LogP) is 1.77. The molecule has 0 saturated heterocycles. The summed E-state index contributed by atoms with van der Waals surface area (Å²) in [6.45, 7) is 2.24. The molecule has 2 saturated carbocycles. The largest absolute Gasteiger partial charge is 0.299 e. The Balaban J connectivity index is 2.16. The van der Waals surface area contributed by atoms with Crippen molar-refractivity contribution >= 4 is 5.78 Å². The molecule has 1 heteroatoms. The normalized spacial score (nSPS) is 48.6. The number of carbonyl (C=O) groups excluding carboxylic acids is 1. The Morgan fingerprint density at radius 1 is 1.67 bits per heavy atom. The summed E-state index contributed by atoms with van der Waals surface area (Å²) in [6.07, 6.45) is 4.49. The highest BCUT2D eigenvalue weighted by molar-refractivity contribution is 5.85. The number of Topliss-reactive ketones (excluding diaryl/α,β-unsaturated/α-hetero) is 1. The van der Waals surface area contributed by atoms with Crippen LogP contribution < -0.4 is 0 Å². The van der Waals surface area contributed by atoms with Gasteiger partial charge in [0.1, 0.15) is 5.78 Å². The summed E-state index contributed by atoms with van der Waals surface area (Å²) in [4.78, 5) is 11.0. The van der Waals surface area contributed by atoms with Gasteiger partial charge < -0.3 is 0 Å². The van der Waals surface area contributed by atoms with Crippen molar-refractivity contribution in [1.29, 1.82) is 0 Å². The molecular weight excluding hydrogens is 112 g/mol. The third-order valence-electron chi connectivity index (χ3n) is 2.91. The molecule has 0 aromatic heterocycles. The molecule has 0 spiro atoms. The van der Waals surface area contributed by atoms with Crippen LogP contribution in [-0.2, 0) is 4.79 Å². The van der Waals surface area contributed by atoms with Crippen molar-refractivity contribution < 1.29 is 4.79 Å². The highest BCUT2D eigenvalue weighted by atomic mass is 16.1. The summed E-state index contributed by atoms with van der Waals surface area (Å²) in [5.74, 6) is 1.01. The minimum Gasteiger partial charge on any atom is -0.299 e. The van der Waals surface area contributed by atoms with Crippen LogP contribution in [0.1, 0.15) is 32.6 Å². The quantitative estimate of drug-likeness (QED) is 0.481. The third kappa shape index (κ3) is 0.637. The van der Waals surface area contributed by atoms with Crippen molar-refractivity contribution in [2.75, 3.05) is 0 Å². The Morgan fingerprint density at radius 2 is 2.44 bits per heavy atom. The SMILES string of the molecule is C[C@]12CCCC(=O)[C@@H]1C2. The number of rotatable bonds is 0. The molecule has 9 heavy (non-hydrogen) atoms. The van der Waals surface area contributed by atoms with Crippen LogP contribution in [-0.4, -0.2) is 5.78 Å². The average Bonchev–Trinajstić information content (AvgIpc) is 2.43. The Kier molecular flexibility index (Phi) is 0.842. The van der Waals surface area contributed by atoms with Gasteiger partial charge in [0.2, 0.25) is 0 Å². The van der Waals surface area contributed by atoms with E-state index in [0.717, 1.165) is 12.8 Å². The Morgan fingerprint density at radius 3 is 3.00 bits per heavy atom. The topological polar surface area (TPSA) is 17.1 Å². The molecule has 0 aromatic rings.